The fraction of sp³-hybridized carbons (Fsp3) is 0.481. The molecule has 1 aliphatic rings. The average Bonchev–Trinajstić information content (AvgIpc) is 2.75. The topological polar surface area (TPSA) is 0 Å². The predicted molar refractivity (Wildman–Crippen MR) is 117 cm³/mol. The van der Waals surface area contributed by atoms with Crippen LogP contribution >= 0.6 is 0 Å². The van der Waals surface area contributed by atoms with Crippen molar-refractivity contribution >= 4 is 0 Å². The van der Waals surface area contributed by atoms with E-state index in [4.69, 9.17) is 0 Å². The van der Waals surface area contributed by atoms with Gasteiger partial charge in [0.1, 0.15) is 0 Å². The van der Waals surface area contributed by atoms with Gasteiger partial charge < -0.3 is 0 Å². The van der Waals surface area contributed by atoms with E-state index in [0.717, 1.165) is 23.6 Å². The highest BCUT2D eigenvalue weighted by atomic mass is 19.2. The molecule has 0 nitrogen and oxygen atoms in total. The quantitative estimate of drug-likeness (QED) is 0.330. The molecule has 2 heteroatoms. The molecule has 0 heterocycles. The van der Waals surface area contributed by atoms with Gasteiger partial charge in [-0.2, -0.15) is 0 Å². The molecule has 0 aliphatic heterocycles. The van der Waals surface area contributed by atoms with Gasteiger partial charge in [0.25, 0.3) is 0 Å². The lowest BCUT2D eigenvalue weighted by Gasteiger charge is -2.29. The Kier molecular flexibility index (Phi) is 8.29. The fourth-order valence-electron chi connectivity index (χ4n) is 4.38. The molecule has 0 N–H and O–H groups in total. The number of hydrogen-bond acceptors (Lipinski definition) is 0. The summed E-state index contributed by atoms with van der Waals surface area (Å²) in [6.45, 7) is 2.27. The van der Waals surface area contributed by atoms with Crippen molar-refractivity contribution in [2.75, 3.05) is 0 Å². The van der Waals surface area contributed by atoms with Gasteiger partial charge in [0.2, 0.25) is 0 Å². The monoisotopic (exact) mass is 394 g/mol. The van der Waals surface area contributed by atoms with E-state index >= 15 is 0 Å². The molecule has 0 saturated heterocycles. The zero-order valence-electron chi connectivity index (χ0n) is 17.5. The van der Waals surface area contributed by atoms with Crippen molar-refractivity contribution in [3.05, 3.63) is 70.8 Å². The van der Waals surface area contributed by atoms with E-state index < -0.39 is 11.6 Å². The summed E-state index contributed by atoms with van der Waals surface area (Å²) in [6, 6.07) is 12.2. The third-order valence-electron chi connectivity index (χ3n) is 6.22. The number of rotatable bonds is 7. The van der Waals surface area contributed by atoms with Crippen LogP contribution in [0.1, 0.15) is 93.7 Å². The molecule has 0 radical (unpaired) electrons. The average molecular weight is 395 g/mol. The van der Waals surface area contributed by atoms with Gasteiger partial charge in [0.05, 0.1) is 0 Å². The van der Waals surface area contributed by atoms with Gasteiger partial charge >= 0.3 is 0 Å². The number of unbranched alkanes of at least 4 members (excludes halogenated alkanes) is 4. The van der Waals surface area contributed by atoms with Crippen LogP contribution in [-0.2, 0) is 0 Å². The lowest BCUT2D eigenvalue weighted by molar-refractivity contribution is 0.302. The molecule has 2 aromatic rings. The molecule has 154 valence electrons. The summed E-state index contributed by atoms with van der Waals surface area (Å²) in [7, 11) is 0. The summed E-state index contributed by atoms with van der Waals surface area (Å²) in [6.07, 6.45) is 13.6. The van der Waals surface area contributed by atoms with Crippen LogP contribution in [0.25, 0.3) is 0 Å². The molecule has 0 unspecified atom stereocenters. The molecule has 0 atom stereocenters. The summed E-state index contributed by atoms with van der Waals surface area (Å²) in [5.41, 5.74) is 2.80. The van der Waals surface area contributed by atoms with E-state index in [-0.39, 0.29) is 0 Å². The molecule has 0 bridgehead atoms. The van der Waals surface area contributed by atoms with Gasteiger partial charge in [-0.25, -0.2) is 8.78 Å². The van der Waals surface area contributed by atoms with E-state index in [1.54, 1.807) is 0 Å². The Bertz CT molecular complexity index is 818. The van der Waals surface area contributed by atoms with Gasteiger partial charge in [0.15, 0.2) is 11.6 Å². The minimum absolute atomic E-state index is 0.487. The van der Waals surface area contributed by atoms with Crippen LogP contribution in [0.5, 0.6) is 0 Å². The molecule has 1 saturated carbocycles. The Morgan fingerprint density at radius 1 is 0.759 bits per heavy atom. The maximum Gasteiger partial charge on any atom is 0.160 e. The summed E-state index contributed by atoms with van der Waals surface area (Å²) in [5.74, 6) is 5.84. The van der Waals surface area contributed by atoms with E-state index in [1.807, 2.05) is 12.1 Å². The molecule has 0 aromatic heterocycles. The van der Waals surface area contributed by atoms with Gasteiger partial charge in [-0.3, -0.25) is 0 Å². The van der Waals surface area contributed by atoms with Crippen molar-refractivity contribution in [3.63, 3.8) is 0 Å². The lowest BCUT2D eigenvalue weighted by atomic mass is 9.77. The molecule has 0 spiro atoms. The van der Waals surface area contributed by atoms with Gasteiger partial charge in [-0.05, 0) is 73.4 Å². The van der Waals surface area contributed by atoms with Crippen molar-refractivity contribution in [2.45, 2.75) is 77.0 Å². The maximum absolute atomic E-state index is 13.3. The Balaban J connectivity index is 1.47. The van der Waals surface area contributed by atoms with Crippen LogP contribution in [0.2, 0.25) is 0 Å². The number of hydrogen-bond donors (Lipinski definition) is 0. The van der Waals surface area contributed by atoms with Crippen molar-refractivity contribution in [1.29, 1.82) is 0 Å². The molecule has 1 aliphatic carbocycles. The van der Waals surface area contributed by atoms with E-state index in [2.05, 4.69) is 30.9 Å². The van der Waals surface area contributed by atoms with Gasteiger partial charge in [-0.15, -0.1) is 0 Å². The first-order valence-electron chi connectivity index (χ1n) is 11.2. The summed E-state index contributed by atoms with van der Waals surface area (Å²) in [4.78, 5) is 0. The summed E-state index contributed by atoms with van der Waals surface area (Å²) >= 11 is 0. The number of halogens is 2. The van der Waals surface area contributed by atoms with Crippen molar-refractivity contribution < 1.29 is 8.78 Å². The minimum atomic E-state index is -0.858. The second-order valence-corrected chi connectivity index (χ2v) is 8.42. The van der Waals surface area contributed by atoms with E-state index in [1.165, 1.54) is 75.8 Å². The lowest BCUT2D eigenvalue weighted by Crippen LogP contribution is -2.13. The smallest absolute Gasteiger partial charge is 0.160 e. The molecule has 0 amide bonds. The first kappa shape index (κ1) is 21.6. The summed E-state index contributed by atoms with van der Waals surface area (Å²) < 4.78 is 26.3. The van der Waals surface area contributed by atoms with Crippen molar-refractivity contribution in [2.24, 2.45) is 5.92 Å². The van der Waals surface area contributed by atoms with E-state index in [9.17, 15) is 8.78 Å². The molecule has 2 aromatic carbocycles. The largest absolute Gasteiger partial charge is 0.204 e. The number of benzene rings is 2. The SMILES string of the molecule is CCCCCCCC1CCC(c2ccc(C#Cc3ccc(F)c(F)c3)cc2)CC1. The minimum Gasteiger partial charge on any atom is -0.204 e. The van der Waals surface area contributed by atoms with Crippen LogP contribution < -0.4 is 0 Å². The highest BCUT2D eigenvalue weighted by Crippen LogP contribution is 2.37. The molecule has 1 fully saturated rings. The molecule has 3 rings (SSSR count). The normalized spacial score (nSPS) is 18.9. The van der Waals surface area contributed by atoms with Crippen LogP contribution in [0.4, 0.5) is 8.78 Å². The van der Waals surface area contributed by atoms with Gasteiger partial charge in [0, 0.05) is 11.1 Å². The van der Waals surface area contributed by atoms with E-state index in [0.29, 0.717) is 11.5 Å². The summed E-state index contributed by atoms with van der Waals surface area (Å²) in [5, 5.41) is 0. The van der Waals surface area contributed by atoms with Crippen LogP contribution in [0.15, 0.2) is 42.5 Å². The maximum atomic E-state index is 13.3. The van der Waals surface area contributed by atoms with Crippen LogP contribution in [0.3, 0.4) is 0 Å². The van der Waals surface area contributed by atoms with Gasteiger partial charge in [-0.1, -0.05) is 69.4 Å². The molecular weight excluding hydrogens is 362 g/mol. The highest BCUT2D eigenvalue weighted by molar-refractivity contribution is 5.44. The first-order chi connectivity index (χ1) is 14.2. The fourth-order valence-corrected chi connectivity index (χ4v) is 4.38. The van der Waals surface area contributed by atoms with Crippen LogP contribution in [-0.4, -0.2) is 0 Å². The zero-order chi connectivity index (χ0) is 20.5. The molecule has 29 heavy (non-hydrogen) atoms. The Labute approximate surface area is 174 Å². The van der Waals surface area contributed by atoms with Crippen molar-refractivity contribution in [3.8, 4) is 11.8 Å². The van der Waals surface area contributed by atoms with Crippen LogP contribution in [0, 0.1) is 29.4 Å². The first-order valence-corrected chi connectivity index (χ1v) is 11.2. The Hall–Kier alpha value is -2.14. The second kappa shape index (κ2) is 11.1. The second-order valence-electron chi connectivity index (χ2n) is 8.42. The zero-order valence-corrected chi connectivity index (χ0v) is 17.5. The standard InChI is InChI=1S/C27H32F2/c1-2-3-4-5-6-7-21-10-15-24(16-11-21)25-17-12-22(13-18-25)8-9-23-14-19-26(28)27(29)20-23/h12-14,17-21,24H,2-7,10-11,15-16H2,1H3. The third-order valence-corrected chi connectivity index (χ3v) is 6.22. The Morgan fingerprint density at radius 2 is 1.41 bits per heavy atom. The highest BCUT2D eigenvalue weighted by Gasteiger charge is 2.21. The Morgan fingerprint density at radius 3 is 2.10 bits per heavy atom. The van der Waals surface area contributed by atoms with Crippen molar-refractivity contribution in [1.82, 2.24) is 0 Å². The third kappa shape index (κ3) is 6.70. The predicted octanol–water partition coefficient (Wildman–Crippen LogP) is 8.00. The molecular formula is C27H32F2.